The minimum Gasteiger partial charge on any atom is -0.497 e. The van der Waals surface area contributed by atoms with Crippen LogP contribution in [0, 0.1) is 5.92 Å². The number of hydrogen-bond acceptors (Lipinski definition) is 8. The van der Waals surface area contributed by atoms with Gasteiger partial charge in [0.15, 0.2) is 0 Å². The number of benzene rings is 1. The number of thiophene rings is 1. The third kappa shape index (κ3) is 6.58. The SMILES string of the molecule is COc1ccc(NC(=O)c2nnc(COCC(=O)NC(c3cccs3)C(C)C)s2)cc1. The molecular weight excluding hydrogens is 436 g/mol. The lowest BCUT2D eigenvalue weighted by Gasteiger charge is -2.21. The summed E-state index contributed by atoms with van der Waals surface area (Å²) in [6, 6.07) is 10.9. The van der Waals surface area contributed by atoms with Crippen molar-refractivity contribution < 1.29 is 19.1 Å². The van der Waals surface area contributed by atoms with Crippen molar-refractivity contribution in [3.63, 3.8) is 0 Å². The molecule has 2 heterocycles. The number of nitrogens with one attached hydrogen (secondary N) is 2. The van der Waals surface area contributed by atoms with Gasteiger partial charge in [-0.15, -0.1) is 21.5 Å². The lowest BCUT2D eigenvalue weighted by molar-refractivity contribution is -0.127. The highest BCUT2D eigenvalue weighted by Gasteiger charge is 2.19. The number of methoxy groups -OCH3 is 1. The van der Waals surface area contributed by atoms with Gasteiger partial charge in [0.25, 0.3) is 5.91 Å². The Morgan fingerprint density at radius 1 is 1.13 bits per heavy atom. The normalized spacial score (nSPS) is 11.9. The predicted molar refractivity (Wildman–Crippen MR) is 121 cm³/mol. The van der Waals surface area contributed by atoms with Gasteiger partial charge >= 0.3 is 0 Å². The summed E-state index contributed by atoms with van der Waals surface area (Å²) in [5.74, 6) is 0.404. The molecule has 1 aromatic carbocycles. The fourth-order valence-corrected chi connectivity index (χ4v) is 4.36. The first-order valence-electron chi connectivity index (χ1n) is 9.64. The summed E-state index contributed by atoms with van der Waals surface area (Å²) < 4.78 is 10.6. The van der Waals surface area contributed by atoms with Crippen LogP contribution in [-0.4, -0.2) is 35.7 Å². The van der Waals surface area contributed by atoms with Crippen molar-refractivity contribution in [1.82, 2.24) is 15.5 Å². The van der Waals surface area contributed by atoms with Crippen molar-refractivity contribution in [2.45, 2.75) is 26.5 Å². The molecule has 1 unspecified atom stereocenters. The molecule has 164 valence electrons. The summed E-state index contributed by atoms with van der Waals surface area (Å²) in [6.45, 7) is 4.13. The van der Waals surface area contributed by atoms with Crippen LogP contribution in [0.1, 0.15) is 39.6 Å². The number of anilines is 1. The summed E-state index contributed by atoms with van der Waals surface area (Å²) in [6.07, 6.45) is 0. The molecule has 1 atom stereocenters. The zero-order valence-electron chi connectivity index (χ0n) is 17.5. The Hall–Kier alpha value is -2.82. The number of rotatable bonds is 10. The van der Waals surface area contributed by atoms with E-state index in [0.717, 1.165) is 16.2 Å². The second-order valence-electron chi connectivity index (χ2n) is 6.98. The summed E-state index contributed by atoms with van der Waals surface area (Å²) >= 11 is 2.74. The number of nitrogens with zero attached hydrogens (tertiary/aromatic N) is 2. The molecule has 3 rings (SSSR count). The van der Waals surface area contributed by atoms with Gasteiger partial charge in [0.1, 0.15) is 24.0 Å². The first kappa shape index (κ1) is 22.9. The van der Waals surface area contributed by atoms with Gasteiger partial charge in [0.2, 0.25) is 10.9 Å². The molecule has 0 spiro atoms. The fourth-order valence-electron chi connectivity index (χ4n) is 2.74. The van der Waals surface area contributed by atoms with Crippen LogP contribution in [0.5, 0.6) is 5.75 Å². The minimum atomic E-state index is -0.359. The molecule has 31 heavy (non-hydrogen) atoms. The van der Waals surface area contributed by atoms with Crippen LogP contribution in [-0.2, 0) is 16.1 Å². The number of ether oxygens (including phenoxy) is 2. The monoisotopic (exact) mass is 460 g/mol. The van der Waals surface area contributed by atoms with Gasteiger partial charge in [-0.25, -0.2) is 0 Å². The van der Waals surface area contributed by atoms with Crippen molar-refractivity contribution >= 4 is 40.2 Å². The molecular formula is C21H24N4O4S2. The van der Waals surface area contributed by atoms with E-state index >= 15 is 0 Å². The first-order valence-corrected chi connectivity index (χ1v) is 11.3. The summed E-state index contributed by atoms with van der Waals surface area (Å²) in [7, 11) is 1.58. The molecule has 0 saturated heterocycles. The maximum absolute atomic E-state index is 12.3. The molecule has 2 N–H and O–H groups in total. The van der Waals surface area contributed by atoms with Crippen molar-refractivity contribution in [1.29, 1.82) is 0 Å². The van der Waals surface area contributed by atoms with E-state index in [-0.39, 0.29) is 42.0 Å². The standard InChI is InChI=1S/C21H24N4O4S2/c1-13(2)19(16-5-4-10-30-16)23-17(26)11-29-12-18-24-25-21(31-18)20(27)22-14-6-8-15(28-3)9-7-14/h4-10,13,19H,11-12H2,1-3H3,(H,22,27)(H,23,26). The molecule has 0 saturated carbocycles. The Labute approximate surface area is 188 Å². The van der Waals surface area contributed by atoms with E-state index < -0.39 is 0 Å². The quantitative estimate of drug-likeness (QED) is 0.476. The first-order chi connectivity index (χ1) is 15.0. The fraction of sp³-hybridized carbons (Fsp3) is 0.333. The maximum atomic E-state index is 12.3. The molecule has 2 aromatic heterocycles. The van der Waals surface area contributed by atoms with E-state index in [9.17, 15) is 9.59 Å². The zero-order valence-corrected chi connectivity index (χ0v) is 19.1. The van der Waals surface area contributed by atoms with Gasteiger partial charge in [-0.1, -0.05) is 31.3 Å². The molecule has 0 bridgehead atoms. The van der Waals surface area contributed by atoms with Crippen LogP contribution in [0.15, 0.2) is 41.8 Å². The van der Waals surface area contributed by atoms with Crippen molar-refractivity contribution in [3.05, 3.63) is 56.7 Å². The number of carbonyl (C=O) groups excluding carboxylic acids is 2. The van der Waals surface area contributed by atoms with E-state index in [2.05, 4.69) is 34.7 Å². The van der Waals surface area contributed by atoms with Crippen LogP contribution in [0.2, 0.25) is 0 Å². The van der Waals surface area contributed by atoms with Crippen LogP contribution in [0.4, 0.5) is 5.69 Å². The molecule has 0 fully saturated rings. The van der Waals surface area contributed by atoms with E-state index in [1.807, 2.05) is 17.5 Å². The third-order valence-corrected chi connectivity index (χ3v) is 6.15. The number of aromatic nitrogens is 2. The number of carbonyl (C=O) groups is 2. The smallest absolute Gasteiger partial charge is 0.286 e. The van der Waals surface area contributed by atoms with Crippen LogP contribution >= 0.6 is 22.7 Å². The Kier molecular flexibility index (Phi) is 8.10. The maximum Gasteiger partial charge on any atom is 0.286 e. The second kappa shape index (κ2) is 11.0. The molecule has 0 aliphatic heterocycles. The van der Waals surface area contributed by atoms with Gasteiger partial charge in [0.05, 0.1) is 13.2 Å². The lowest BCUT2D eigenvalue weighted by Crippen LogP contribution is -2.33. The van der Waals surface area contributed by atoms with Gasteiger partial charge in [0, 0.05) is 10.6 Å². The minimum absolute atomic E-state index is 0.0501. The van der Waals surface area contributed by atoms with Crippen LogP contribution < -0.4 is 15.4 Å². The third-order valence-electron chi connectivity index (χ3n) is 4.30. The highest BCUT2D eigenvalue weighted by molar-refractivity contribution is 7.13. The zero-order chi connectivity index (χ0) is 22.2. The Balaban J connectivity index is 1.46. The van der Waals surface area contributed by atoms with E-state index in [1.165, 1.54) is 0 Å². The Bertz CT molecular complexity index is 987. The van der Waals surface area contributed by atoms with Crippen LogP contribution in [0.3, 0.4) is 0 Å². The van der Waals surface area contributed by atoms with E-state index in [1.54, 1.807) is 42.7 Å². The number of amides is 2. The van der Waals surface area contributed by atoms with Crippen molar-refractivity contribution in [2.24, 2.45) is 5.92 Å². The number of hydrogen-bond donors (Lipinski definition) is 2. The molecule has 0 aliphatic rings. The lowest BCUT2D eigenvalue weighted by atomic mass is 10.0. The summed E-state index contributed by atoms with van der Waals surface area (Å²) in [5, 5.41) is 16.4. The van der Waals surface area contributed by atoms with E-state index in [0.29, 0.717) is 16.4 Å². The van der Waals surface area contributed by atoms with Gasteiger partial charge in [-0.3, -0.25) is 9.59 Å². The Morgan fingerprint density at radius 2 is 1.90 bits per heavy atom. The summed E-state index contributed by atoms with van der Waals surface area (Å²) in [5.41, 5.74) is 0.626. The second-order valence-corrected chi connectivity index (χ2v) is 9.02. The molecule has 0 aliphatic carbocycles. The van der Waals surface area contributed by atoms with E-state index in [4.69, 9.17) is 9.47 Å². The predicted octanol–water partition coefficient (Wildman–Crippen LogP) is 3.89. The average Bonchev–Trinajstić information content (AvgIpc) is 3.45. The van der Waals surface area contributed by atoms with Gasteiger partial charge < -0.3 is 20.1 Å². The largest absolute Gasteiger partial charge is 0.497 e. The highest BCUT2D eigenvalue weighted by atomic mass is 32.1. The summed E-state index contributed by atoms with van der Waals surface area (Å²) in [4.78, 5) is 25.7. The molecule has 2 amide bonds. The van der Waals surface area contributed by atoms with Gasteiger partial charge in [-0.05, 0) is 41.6 Å². The molecule has 3 aromatic rings. The van der Waals surface area contributed by atoms with Crippen molar-refractivity contribution in [3.8, 4) is 5.75 Å². The van der Waals surface area contributed by atoms with Crippen molar-refractivity contribution in [2.75, 3.05) is 19.0 Å². The average molecular weight is 461 g/mol. The molecule has 0 radical (unpaired) electrons. The Morgan fingerprint density at radius 3 is 2.55 bits per heavy atom. The highest BCUT2D eigenvalue weighted by Crippen LogP contribution is 2.25. The van der Waals surface area contributed by atoms with Crippen LogP contribution in [0.25, 0.3) is 0 Å². The molecule has 8 nitrogen and oxygen atoms in total. The topological polar surface area (TPSA) is 102 Å². The van der Waals surface area contributed by atoms with Gasteiger partial charge in [-0.2, -0.15) is 0 Å². The molecule has 10 heteroatoms.